The van der Waals surface area contributed by atoms with Crippen LogP contribution in [0, 0.1) is 0 Å². The molecule has 0 spiro atoms. The van der Waals surface area contributed by atoms with Gasteiger partial charge in [0.05, 0.1) is 13.5 Å². The summed E-state index contributed by atoms with van der Waals surface area (Å²) >= 11 is 6.28. The van der Waals surface area contributed by atoms with E-state index in [1.165, 1.54) is 7.11 Å². The van der Waals surface area contributed by atoms with Crippen LogP contribution in [0.5, 0.6) is 0 Å². The lowest BCUT2D eigenvalue weighted by Crippen LogP contribution is -2.27. The number of ether oxygens (including phenoxy) is 1. The molecular formula is C18H20ClNO2. The lowest BCUT2D eigenvalue weighted by molar-refractivity contribution is -0.141. The number of halogens is 1. The van der Waals surface area contributed by atoms with E-state index in [1.54, 1.807) is 0 Å². The van der Waals surface area contributed by atoms with E-state index < -0.39 is 0 Å². The first-order chi connectivity index (χ1) is 10.6. The fraction of sp³-hybridized carbons (Fsp3) is 0.278. The molecule has 4 heteroatoms. The standard InChI is InChI=1S/C18H20ClNO2/c1-13(14-8-4-3-5-9-14)20-17(12-18(21)22-2)15-10-6-7-11-16(15)19/h3-11,13,17,20H,12H2,1-2H3/t13-,17-/m1/s1. The van der Waals surface area contributed by atoms with E-state index in [-0.39, 0.29) is 24.5 Å². The van der Waals surface area contributed by atoms with Gasteiger partial charge in [0.1, 0.15) is 0 Å². The van der Waals surface area contributed by atoms with E-state index >= 15 is 0 Å². The number of rotatable bonds is 6. The highest BCUT2D eigenvalue weighted by Crippen LogP contribution is 2.28. The molecular weight excluding hydrogens is 298 g/mol. The molecule has 22 heavy (non-hydrogen) atoms. The maximum atomic E-state index is 11.7. The lowest BCUT2D eigenvalue weighted by atomic mass is 10.0. The zero-order valence-electron chi connectivity index (χ0n) is 12.8. The zero-order valence-corrected chi connectivity index (χ0v) is 13.5. The summed E-state index contributed by atoms with van der Waals surface area (Å²) in [7, 11) is 1.40. The lowest BCUT2D eigenvalue weighted by Gasteiger charge is -2.24. The van der Waals surface area contributed by atoms with Crippen LogP contribution in [0.4, 0.5) is 0 Å². The molecule has 0 aromatic heterocycles. The highest BCUT2D eigenvalue weighted by atomic mass is 35.5. The Morgan fingerprint density at radius 3 is 2.41 bits per heavy atom. The monoisotopic (exact) mass is 317 g/mol. The van der Waals surface area contributed by atoms with Crippen molar-refractivity contribution in [1.82, 2.24) is 5.32 Å². The van der Waals surface area contributed by atoms with Crippen molar-refractivity contribution in [2.45, 2.75) is 25.4 Å². The molecule has 0 heterocycles. The van der Waals surface area contributed by atoms with Crippen LogP contribution in [0.3, 0.4) is 0 Å². The van der Waals surface area contributed by atoms with E-state index in [0.29, 0.717) is 5.02 Å². The Kier molecular flexibility index (Phi) is 5.99. The highest BCUT2D eigenvalue weighted by molar-refractivity contribution is 6.31. The minimum absolute atomic E-state index is 0.0899. The number of esters is 1. The first-order valence-corrected chi connectivity index (χ1v) is 7.62. The number of carbonyl (C=O) groups is 1. The van der Waals surface area contributed by atoms with Gasteiger partial charge in [-0.2, -0.15) is 0 Å². The smallest absolute Gasteiger partial charge is 0.307 e. The second-order valence-corrected chi connectivity index (χ2v) is 5.56. The largest absolute Gasteiger partial charge is 0.469 e. The molecule has 0 aliphatic carbocycles. The van der Waals surface area contributed by atoms with E-state index in [2.05, 4.69) is 24.4 Å². The second-order valence-electron chi connectivity index (χ2n) is 5.15. The van der Waals surface area contributed by atoms with Gasteiger partial charge >= 0.3 is 5.97 Å². The van der Waals surface area contributed by atoms with E-state index in [4.69, 9.17) is 16.3 Å². The fourth-order valence-corrected chi connectivity index (χ4v) is 2.67. The fourth-order valence-electron chi connectivity index (χ4n) is 2.41. The molecule has 0 bridgehead atoms. The summed E-state index contributed by atoms with van der Waals surface area (Å²) in [5.41, 5.74) is 2.06. The molecule has 0 radical (unpaired) electrons. The van der Waals surface area contributed by atoms with Crippen LogP contribution in [-0.4, -0.2) is 13.1 Å². The molecule has 0 saturated carbocycles. The maximum Gasteiger partial charge on any atom is 0.307 e. The molecule has 2 aromatic carbocycles. The van der Waals surface area contributed by atoms with Crippen molar-refractivity contribution >= 4 is 17.6 Å². The number of hydrogen-bond donors (Lipinski definition) is 1. The second kappa shape index (κ2) is 7.97. The van der Waals surface area contributed by atoms with Crippen LogP contribution in [0.25, 0.3) is 0 Å². The Hall–Kier alpha value is -1.84. The Balaban J connectivity index is 2.21. The van der Waals surface area contributed by atoms with Crippen molar-refractivity contribution in [2.24, 2.45) is 0 Å². The number of carbonyl (C=O) groups excluding carboxylic acids is 1. The molecule has 0 aliphatic rings. The van der Waals surface area contributed by atoms with Crippen LogP contribution in [0.15, 0.2) is 54.6 Å². The van der Waals surface area contributed by atoms with Gasteiger partial charge in [0.25, 0.3) is 0 Å². The molecule has 0 unspecified atom stereocenters. The Labute approximate surface area is 136 Å². The Morgan fingerprint density at radius 1 is 1.14 bits per heavy atom. The quantitative estimate of drug-likeness (QED) is 0.807. The molecule has 0 aliphatic heterocycles. The van der Waals surface area contributed by atoms with Gasteiger partial charge in [0.15, 0.2) is 0 Å². The van der Waals surface area contributed by atoms with E-state index in [9.17, 15) is 4.79 Å². The van der Waals surface area contributed by atoms with E-state index in [1.807, 2.05) is 42.5 Å². The number of nitrogens with one attached hydrogen (secondary N) is 1. The summed E-state index contributed by atoms with van der Waals surface area (Å²) in [6.45, 7) is 2.07. The topological polar surface area (TPSA) is 38.3 Å². The molecule has 1 N–H and O–H groups in total. The van der Waals surface area contributed by atoms with Crippen molar-refractivity contribution in [2.75, 3.05) is 7.11 Å². The normalized spacial score (nSPS) is 13.4. The molecule has 2 atom stereocenters. The maximum absolute atomic E-state index is 11.7. The summed E-state index contributed by atoms with van der Waals surface area (Å²) in [5.74, 6) is -0.266. The Bertz CT molecular complexity index is 615. The van der Waals surface area contributed by atoms with Gasteiger partial charge in [-0.1, -0.05) is 60.1 Å². The van der Waals surface area contributed by atoms with Gasteiger partial charge in [0.2, 0.25) is 0 Å². The van der Waals surface area contributed by atoms with Crippen molar-refractivity contribution in [3.63, 3.8) is 0 Å². The summed E-state index contributed by atoms with van der Waals surface area (Å²) in [6, 6.07) is 17.5. The van der Waals surface area contributed by atoms with Crippen LogP contribution < -0.4 is 5.32 Å². The third-order valence-corrected chi connectivity index (χ3v) is 3.97. The molecule has 116 valence electrons. The van der Waals surface area contributed by atoms with Gasteiger partial charge < -0.3 is 10.1 Å². The van der Waals surface area contributed by atoms with Gasteiger partial charge in [-0.15, -0.1) is 0 Å². The minimum Gasteiger partial charge on any atom is -0.469 e. The van der Waals surface area contributed by atoms with E-state index in [0.717, 1.165) is 11.1 Å². The van der Waals surface area contributed by atoms with Crippen molar-refractivity contribution in [3.8, 4) is 0 Å². The van der Waals surface area contributed by atoms with Crippen molar-refractivity contribution in [1.29, 1.82) is 0 Å². The summed E-state index contributed by atoms with van der Waals surface area (Å²) < 4.78 is 4.81. The molecule has 0 amide bonds. The molecule has 3 nitrogen and oxygen atoms in total. The Morgan fingerprint density at radius 2 is 1.77 bits per heavy atom. The molecule has 0 fully saturated rings. The summed E-state index contributed by atoms with van der Waals surface area (Å²) in [5, 5.41) is 4.11. The number of methoxy groups -OCH3 is 1. The zero-order chi connectivity index (χ0) is 15.9. The SMILES string of the molecule is COC(=O)C[C@@H](N[C@H](C)c1ccccc1)c1ccccc1Cl. The first kappa shape index (κ1) is 16.5. The minimum atomic E-state index is -0.266. The average molecular weight is 318 g/mol. The van der Waals surface area contributed by atoms with Crippen LogP contribution >= 0.6 is 11.6 Å². The average Bonchev–Trinajstić information content (AvgIpc) is 2.55. The predicted octanol–water partition coefficient (Wildman–Crippen LogP) is 4.30. The van der Waals surface area contributed by atoms with Gasteiger partial charge in [0, 0.05) is 17.1 Å². The van der Waals surface area contributed by atoms with Crippen LogP contribution in [-0.2, 0) is 9.53 Å². The predicted molar refractivity (Wildman–Crippen MR) is 88.8 cm³/mol. The molecule has 2 aromatic rings. The van der Waals surface area contributed by atoms with Crippen molar-refractivity contribution < 1.29 is 9.53 Å². The van der Waals surface area contributed by atoms with Gasteiger partial charge in [-0.3, -0.25) is 4.79 Å². The third kappa shape index (κ3) is 4.33. The van der Waals surface area contributed by atoms with Gasteiger partial charge in [-0.25, -0.2) is 0 Å². The number of benzene rings is 2. The van der Waals surface area contributed by atoms with Crippen LogP contribution in [0.2, 0.25) is 5.02 Å². The molecule has 0 saturated heterocycles. The highest BCUT2D eigenvalue weighted by Gasteiger charge is 2.21. The first-order valence-electron chi connectivity index (χ1n) is 7.24. The molecule has 2 rings (SSSR count). The summed E-state index contributed by atoms with van der Waals surface area (Å²) in [4.78, 5) is 11.7. The van der Waals surface area contributed by atoms with Crippen molar-refractivity contribution in [3.05, 3.63) is 70.7 Å². The summed E-state index contributed by atoms with van der Waals surface area (Å²) in [6.07, 6.45) is 0.234. The van der Waals surface area contributed by atoms with Gasteiger partial charge in [-0.05, 0) is 24.1 Å². The van der Waals surface area contributed by atoms with Crippen LogP contribution in [0.1, 0.15) is 36.6 Å². The number of hydrogen-bond acceptors (Lipinski definition) is 3. The third-order valence-electron chi connectivity index (χ3n) is 3.63.